The molecule has 2 heterocycles. The minimum Gasteiger partial charge on any atom is -0.384 e. The lowest BCUT2D eigenvalue weighted by Crippen LogP contribution is -2.23. The van der Waals surface area contributed by atoms with E-state index in [1.165, 1.54) is 16.8 Å². The number of anilines is 1. The van der Waals surface area contributed by atoms with Gasteiger partial charge in [0, 0.05) is 38.6 Å². The normalized spacial score (nSPS) is 13.6. The van der Waals surface area contributed by atoms with E-state index in [4.69, 9.17) is 0 Å². The highest BCUT2D eigenvalue weighted by Gasteiger charge is 2.16. The minimum absolute atomic E-state index is 0.841. The molecule has 0 saturated carbocycles. The molecular weight excluding hydrogens is 250 g/mol. The van der Waals surface area contributed by atoms with E-state index in [-0.39, 0.29) is 0 Å². The summed E-state index contributed by atoms with van der Waals surface area (Å²) in [7, 11) is 1.90. The van der Waals surface area contributed by atoms with Crippen molar-refractivity contribution in [1.82, 2.24) is 19.9 Å². The van der Waals surface area contributed by atoms with Crippen LogP contribution in [0.1, 0.15) is 23.7 Å². The molecule has 1 aliphatic heterocycles. The van der Waals surface area contributed by atoms with Gasteiger partial charge in [0.2, 0.25) is 0 Å². The predicted octanol–water partition coefficient (Wildman–Crippen LogP) is 1.81. The van der Waals surface area contributed by atoms with Crippen molar-refractivity contribution in [2.24, 2.45) is 7.05 Å². The van der Waals surface area contributed by atoms with Crippen LogP contribution < -0.4 is 5.32 Å². The third-order valence-electron chi connectivity index (χ3n) is 3.81. The SMILES string of the molecule is CCN(Cc1cn(C)nn1)Cc1cccc2c1NCC2. The van der Waals surface area contributed by atoms with Gasteiger partial charge in [0.05, 0.1) is 5.69 Å². The first-order chi connectivity index (χ1) is 9.76. The lowest BCUT2D eigenvalue weighted by atomic mass is 10.1. The van der Waals surface area contributed by atoms with Crippen molar-refractivity contribution in [3.05, 3.63) is 41.2 Å². The van der Waals surface area contributed by atoms with Gasteiger partial charge in [-0.3, -0.25) is 9.58 Å². The van der Waals surface area contributed by atoms with E-state index < -0.39 is 0 Å². The van der Waals surface area contributed by atoms with Gasteiger partial charge in [-0.15, -0.1) is 5.10 Å². The summed E-state index contributed by atoms with van der Waals surface area (Å²) in [6.07, 6.45) is 3.12. The molecule has 0 radical (unpaired) electrons. The van der Waals surface area contributed by atoms with Crippen LogP contribution in [-0.2, 0) is 26.6 Å². The smallest absolute Gasteiger partial charge is 0.0967 e. The Hall–Kier alpha value is -1.88. The summed E-state index contributed by atoms with van der Waals surface area (Å²) in [5.41, 5.74) is 5.18. The molecular formula is C15H21N5. The highest BCUT2D eigenvalue weighted by atomic mass is 15.4. The average molecular weight is 271 g/mol. The van der Waals surface area contributed by atoms with E-state index in [2.05, 4.69) is 45.7 Å². The molecule has 1 aromatic heterocycles. The third kappa shape index (κ3) is 2.67. The van der Waals surface area contributed by atoms with E-state index in [1.807, 2.05) is 13.2 Å². The molecule has 0 unspecified atom stereocenters. The van der Waals surface area contributed by atoms with Crippen molar-refractivity contribution in [2.75, 3.05) is 18.4 Å². The molecule has 1 N–H and O–H groups in total. The lowest BCUT2D eigenvalue weighted by molar-refractivity contribution is 0.268. The first-order valence-electron chi connectivity index (χ1n) is 7.18. The van der Waals surface area contributed by atoms with Crippen molar-refractivity contribution in [2.45, 2.75) is 26.4 Å². The molecule has 20 heavy (non-hydrogen) atoms. The Bertz CT molecular complexity index is 590. The fourth-order valence-electron chi connectivity index (χ4n) is 2.76. The monoisotopic (exact) mass is 271 g/mol. The van der Waals surface area contributed by atoms with Gasteiger partial charge in [-0.2, -0.15) is 0 Å². The lowest BCUT2D eigenvalue weighted by Gasteiger charge is -2.20. The number of hydrogen-bond acceptors (Lipinski definition) is 4. The fourth-order valence-corrected chi connectivity index (χ4v) is 2.76. The topological polar surface area (TPSA) is 46.0 Å². The first-order valence-corrected chi connectivity index (χ1v) is 7.18. The molecule has 0 spiro atoms. The molecule has 1 aromatic carbocycles. The van der Waals surface area contributed by atoms with Crippen LogP contribution in [0.5, 0.6) is 0 Å². The second-order valence-electron chi connectivity index (χ2n) is 5.31. The maximum Gasteiger partial charge on any atom is 0.0967 e. The number of aryl methyl sites for hydroxylation is 1. The molecule has 5 nitrogen and oxygen atoms in total. The number of nitrogens with zero attached hydrogens (tertiary/aromatic N) is 4. The highest BCUT2D eigenvalue weighted by Crippen LogP contribution is 2.27. The molecule has 0 aliphatic carbocycles. The van der Waals surface area contributed by atoms with E-state index in [1.54, 1.807) is 4.68 Å². The van der Waals surface area contributed by atoms with Gasteiger partial charge in [-0.25, -0.2) is 0 Å². The zero-order chi connectivity index (χ0) is 13.9. The Morgan fingerprint density at radius 2 is 2.25 bits per heavy atom. The van der Waals surface area contributed by atoms with Crippen LogP contribution in [0.3, 0.4) is 0 Å². The second kappa shape index (κ2) is 5.63. The van der Waals surface area contributed by atoms with E-state index >= 15 is 0 Å². The highest BCUT2D eigenvalue weighted by molar-refractivity contribution is 5.61. The Morgan fingerprint density at radius 3 is 3.00 bits per heavy atom. The quantitative estimate of drug-likeness (QED) is 0.901. The van der Waals surface area contributed by atoms with Gasteiger partial charge < -0.3 is 5.32 Å². The van der Waals surface area contributed by atoms with Crippen molar-refractivity contribution in [1.29, 1.82) is 0 Å². The zero-order valence-electron chi connectivity index (χ0n) is 12.1. The Kier molecular flexibility index (Phi) is 3.69. The van der Waals surface area contributed by atoms with E-state index in [0.29, 0.717) is 0 Å². The summed E-state index contributed by atoms with van der Waals surface area (Å²) >= 11 is 0. The molecule has 1 aliphatic rings. The number of fused-ring (bicyclic) bond motifs is 1. The van der Waals surface area contributed by atoms with Gasteiger partial charge in [-0.1, -0.05) is 30.3 Å². The van der Waals surface area contributed by atoms with Gasteiger partial charge in [0.1, 0.15) is 0 Å². The van der Waals surface area contributed by atoms with Crippen LogP contribution in [0, 0.1) is 0 Å². The third-order valence-corrected chi connectivity index (χ3v) is 3.81. The van der Waals surface area contributed by atoms with Crippen LogP contribution in [0.25, 0.3) is 0 Å². The van der Waals surface area contributed by atoms with Gasteiger partial charge in [0.25, 0.3) is 0 Å². The summed E-state index contributed by atoms with van der Waals surface area (Å²) in [6, 6.07) is 6.60. The number of hydrogen-bond donors (Lipinski definition) is 1. The largest absolute Gasteiger partial charge is 0.384 e. The van der Waals surface area contributed by atoms with Crippen LogP contribution in [0.4, 0.5) is 5.69 Å². The van der Waals surface area contributed by atoms with Crippen molar-refractivity contribution in [3.63, 3.8) is 0 Å². The van der Waals surface area contributed by atoms with E-state index in [0.717, 1.165) is 38.3 Å². The molecule has 5 heteroatoms. The fraction of sp³-hybridized carbons (Fsp3) is 0.467. The standard InChI is InChI=1S/C15H21N5/c1-3-20(11-14-10-19(2)18-17-14)9-13-6-4-5-12-7-8-16-15(12)13/h4-6,10,16H,3,7-9,11H2,1-2H3. The summed E-state index contributed by atoms with van der Waals surface area (Å²) in [4.78, 5) is 2.39. The van der Waals surface area contributed by atoms with Gasteiger partial charge >= 0.3 is 0 Å². The molecule has 0 fully saturated rings. The number of rotatable bonds is 5. The molecule has 3 rings (SSSR count). The first kappa shape index (κ1) is 13.1. The second-order valence-corrected chi connectivity index (χ2v) is 5.31. The summed E-state index contributed by atoms with van der Waals surface area (Å²) < 4.78 is 1.75. The van der Waals surface area contributed by atoms with Crippen LogP contribution in [0.2, 0.25) is 0 Å². The Balaban J connectivity index is 1.73. The Labute approximate surface area is 119 Å². The maximum atomic E-state index is 4.17. The van der Waals surface area contributed by atoms with Crippen molar-refractivity contribution >= 4 is 5.69 Å². The molecule has 0 bridgehead atoms. The average Bonchev–Trinajstić information content (AvgIpc) is 3.07. The molecule has 0 amide bonds. The summed E-state index contributed by atoms with van der Waals surface area (Å²) in [5.74, 6) is 0. The van der Waals surface area contributed by atoms with Crippen LogP contribution in [0.15, 0.2) is 24.4 Å². The number of para-hydroxylation sites is 1. The number of benzene rings is 1. The van der Waals surface area contributed by atoms with Gasteiger partial charge in [-0.05, 0) is 24.1 Å². The van der Waals surface area contributed by atoms with Crippen molar-refractivity contribution in [3.8, 4) is 0 Å². The molecule has 2 aromatic rings. The van der Waals surface area contributed by atoms with Crippen LogP contribution in [-0.4, -0.2) is 33.0 Å². The molecule has 0 atom stereocenters. The minimum atomic E-state index is 0.841. The predicted molar refractivity (Wildman–Crippen MR) is 79.4 cm³/mol. The summed E-state index contributed by atoms with van der Waals surface area (Å²) in [5, 5.41) is 11.7. The molecule has 106 valence electrons. The number of nitrogens with one attached hydrogen (secondary N) is 1. The summed E-state index contributed by atoms with van der Waals surface area (Å²) in [6.45, 7) is 6.03. The molecule has 0 saturated heterocycles. The van der Waals surface area contributed by atoms with Crippen molar-refractivity contribution < 1.29 is 0 Å². The zero-order valence-corrected chi connectivity index (χ0v) is 12.1. The number of aromatic nitrogens is 3. The van der Waals surface area contributed by atoms with Crippen LogP contribution >= 0.6 is 0 Å². The maximum absolute atomic E-state index is 4.17. The van der Waals surface area contributed by atoms with Gasteiger partial charge in [0.15, 0.2) is 0 Å². The Morgan fingerprint density at radius 1 is 1.35 bits per heavy atom. The van der Waals surface area contributed by atoms with E-state index in [9.17, 15) is 0 Å².